The standard InChI is InChI=1S/C18H15F2NO4/c1-10(22)12-3-6-14(7-4-12)21-17(23)11(2)25-18(24)15-8-5-13(19)9-16(15)20/h3-9,11H,1-2H3,(H,21,23)/t11-/m0/s1. The highest BCUT2D eigenvalue weighted by Crippen LogP contribution is 2.14. The minimum absolute atomic E-state index is 0.110. The van der Waals surface area contributed by atoms with Crippen LogP contribution in [-0.2, 0) is 9.53 Å². The first-order chi connectivity index (χ1) is 11.8. The van der Waals surface area contributed by atoms with Crippen LogP contribution >= 0.6 is 0 Å². The monoisotopic (exact) mass is 347 g/mol. The molecule has 0 bridgehead atoms. The van der Waals surface area contributed by atoms with Gasteiger partial charge in [0.1, 0.15) is 11.6 Å². The predicted octanol–water partition coefficient (Wildman–Crippen LogP) is 3.35. The third-order valence-electron chi connectivity index (χ3n) is 3.36. The molecule has 130 valence electrons. The molecule has 0 heterocycles. The van der Waals surface area contributed by atoms with E-state index in [4.69, 9.17) is 4.74 Å². The van der Waals surface area contributed by atoms with E-state index in [1.165, 1.54) is 26.0 Å². The van der Waals surface area contributed by atoms with Gasteiger partial charge >= 0.3 is 5.97 Å². The van der Waals surface area contributed by atoms with Crippen molar-refractivity contribution < 1.29 is 27.9 Å². The highest BCUT2D eigenvalue weighted by Gasteiger charge is 2.21. The van der Waals surface area contributed by atoms with Gasteiger partial charge in [-0.05, 0) is 50.2 Å². The van der Waals surface area contributed by atoms with E-state index < -0.39 is 35.2 Å². The third kappa shape index (κ3) is 4.69. The SMILES string of the molecule is CC(=O)c1ccc(NC(=O)[C@H](C)OC(=O)c2ccc(F)cc2F)cc1. The van der Waals surface area contributed by atoms with Crippen LogP contribution in [0.3, 0.4) is 0 Å². The lowest BCUT2D eigenvalue weighted by Gasteiger charge is -2.14. The summed E-state index contributed by atoms with van der Waals surface area (Å²) < 4.78 is 31.3. The van der Waals surface area contributed by atoms with E-state index in [-0.39, 0.29) is 5.78 Å². The van der Waals surface area contributed by atoms with Crippen LogP contribution in [0, 0.1) is 11.6 Å². The summed E-state index contributed by atoms with van der Waals surface area (Å²) in [6, 6.07) is 8.56. The van der Waals surface area contributed by atoms with Gasteiger partial charge in [0, 0.05) is 17.3 Å². The second-order valence-corrected chi connectivity index (χ2v) is 5.29. The van der Waals surface area contributed by atoms with Gasteiger partial charge < -0.3 is 10.1 Å². The Morgan fingerprint density at radius 1 is 1.04 bits per heavy atom. The fourth-order valence-electron chi connectivity index (χ4n) is 1.96. The molecule has 1 N–H and O–H groups in total. The highest BCUT2D eigenvalue weighted by molar-refractivity contribution is 5.98. The van der Waals surface area contributed by atoms with Crippen molar-refractivity contribution in [2.24, 2.45) is 0 Å². The zero-order chi connectivity index (χ0) is 18.6. The van der Waals surface area contributed by atoms with Crippen LogP contribution < -0.4 is 5.32 Å². The quantitative estimate of drug-likeness (QED) is 0.665. The van der Waals surface area contributed by atoms with Gasteiger partial charge in [0.2, 0.25) is 0 Å². The normalized spacial score (nSPS) is 11.5. The predicted molar refractivity (Wildman–Crippen MR) is 86.3 cm³/mol. The largest absolute Gasteiger partial charge is 0.449 e. The van der Waals surface area contributed by atoms with Gasteiger partial charge in [-0.3, -0.25) is 9.59 Å². The van der Waals surface area contributed by atoms with Crippen molar-refractivity contribution in [3.8, 4) is 0 Å². The number of ether oxygens (including phenoxy) is 1. The molecular formula is C18H15F2NO4. The van der Waals surface area contributed by atoms with Gasteiger partial charge in [-0.1, -0.05) is 0 Å². The van der Waals surface area contributed by atoms with E-state index >= 15 is 0 Å². The number of halogens is 2. The lowest BCUT2D eigenvalue weighted by Crippen LogP contribution is -2.30. The molecule has 2 aromatic carbocycles. The van der Waals surface area contributed by atoms with E-state index in [9.17, 15) is 23.2 Å². The number of anilines is 1. The van der Waals surface area contributed by atoms with Crippen LogP contribution in [0.5, 0.6) is 0 Å². The van der Waals surface area contributed by atoms with Crippen molar-refractivity contribution >= 4 is 23.3 Å². The first kappa shape index (κ1) is 18.3. The van der Waals surface area contributed by atoms with Gasteiger partial charge in [-0.25, -0.2) is 13.6 Å². The number of amides is 1. The van der Waals surface area contributed by atoms with Crippen LogP contribution in [0.25, 0.3) is 0 Å². The van der Waals surface area contributed by atoms with Gasteiger partial charge in [-0.2, -0.15) is 0 Å². The summed E-state index contributed by atoms with van der Waals surface area (Å²) in [5, 5.41) is 2.51. The Morgan fingerprint density at radius 3 is 2.24 bits per heavy atom. The van der Waals surface area contributed by atoms with Crippen LogP contribution in [0.4, 0.5) is 14.5 Å². The number of carbonyl (C=O) groups is 3. The Labute approximate surface area is 142 Å². The maximum atomic E-state index is 13.5. The van der Waals surface area contributed by atoms with Crippen molar-refractivity contribution in [3.05, 3.63) is 65.2 Å². The summed E-state index contributed by atoms with van der Waals surface area (Å²) in [7, 11) is 0. The lowest BCUT2D eigenvalue weighted by molar-refractivity contribution is -0.123. The number of rotatable bonds is 5. The van der Waals surface area contributed by atoms with Crippen molar-refractivity contribution in [1.82, 2.24) is 0 Å². The van der Waals surface area contributed by atoms with E-state index in [1.807, 2.05) is 0 Å². The molecule has 0 radical (unpaired) electrons. The molecule has 1 atom stereocenters. The average molecular weight is 347 g/mol. The number of esters is 1. The molecule has 0 fully saturated rings. The number of carbonyl (C=O) groups excluding carboxylic acids is 3. The Bertz CT molecular complexity index is 818. The van der Waals surface area contributed by atoms with E-state index in [0.717, 1.165) is 12.1 Å². The van der Waals surface area contributed by atoms with Crippen molar-refractivity contribution in [1.29, 1.82) is 0 Å². The Kier molecular flexibility index (Phi) is 5.59. The zero-order valence-electron chi connectivity index (χ0n) is 13.5. The van der Waals surface area contributed by atoms with Gasteiger partial charge in [-0.15, -0.1) is 0 Å². The molecule has 0 saturated heterocycles. The smallest absolute Gasteiger partial charge is 0.341 e. The number of benzene rings is 2. The molecule has 5 nitrogen and oxygen atoms in total. The van der Waals surface area contributed by atoms with Crippen LogP contribution in [0.1, 0.15) is 34.6 Å². The molecule has 0 saturated carbocycles. The fourth-order valence-corrected chi connectivity index (χ4v) is 1.96. The molecule has 25 heavy (non-hydrogen) atoms. The number of ketones is 1. The van der Waals surface area contributed by atoms with E-state index in [1.54, 1.807) is 12.1 Å². The van der Waals surface area contributed by atoms with Gasteiger partial charge in [0.05, 0.1) is 5.56 Å². The van der Waals surface area contributed by atoms with Gasteiger partial charge in [0.25, 0.3) is 5.91 Å². The maximum Gasteiger partial charge on any atom is 0.341 e. The van der Waals surface area contributed by atoms with E-state index in [2.05, 4.69) is 5.32 Å². The molecule has 0 spiro atoms. The fraction of sp³-hybridized carbons (Fsp3) is 0.167. The second kappa shape index (κ2) is 7.65. The molecule has 7 heteroatoms. The second-order valence-electron chi connectivity index (χ2n) is 5.29. The minimum Gasteiger partial charge on any atom is -0.449 e. The number of Topliss-reactive ketones (excluding diaryl/α,β-unsaturated/α-hetero) is 1. The van der Waals surface area contributed by atoms with Crippen LogP contribution in [-0.4, -0.2) is 23.8 Å². The van der Waals surface area contributed by atoms with Crippen LogP contribution in [0.15, 0.2) is 42.5 Å². The summed E-state index contributed by atoms with van der Waals surface area (Å²) >= 11 is 0. The number of hydrogen-bond acceptors (Lipinski definition) is 4. The van der Waals surface area contributed by atoms with Crippen LogP contribution in [0.2, 0.25) is 0 Å². The highest BCUT2D eigenvalue weighted by atomic mass is 19.1. The average Bonchev–Trinajstić information content (AvgIpc) is 2.55. The zero-order valence-corrected chi connectivity index (χ0v) is 13.5. The lowest BCUT2D eigenvalue weighted by atomic mass is 10.1. The first-order valence-corrected chi connectivity index (χ1v) is 7.36. The Hall–Kier alpha value is -3.09. The summed E-state index contributed by atoms with van der Waals surface area (Å²) in [6.07, 6.45) is -1.20. The molecule has 0 aliphatic rings. The molecule has 1 amide bonds. The Morgan fingerprint density at radius 2 is 1.68 bits per heavy atom. The molecule has 2 aromatic rings. The van der Waals surface area contributed by atoms with E-state index in [0.29, 0.717) is 17.3 Å². The number of hydrogen-bond donors (Lipinski definition) is 1. The molecule has 0 unspecified atom stereocenters. The summed E-state index contributed by atoms with van der Waals surface area (Å²) in [4.78, 5) is 35.1. The summed E-state index contributed by atoms with van der Waals surface area (Å²) in [6.45, 7) is 2.74. The van der Waals surface area contributed by atoms with Crippen molar-refractivity contribution in [2.75, 3.05) is 5.32 Å². The third-order valence-corrected chi connectivity index (χ3v) is 3.36. The molecule has 0 aromatic heterocycles. The maximum absolute atomic E-state index is 13.5. The van der Waals surface area contributed by atoms with Gasteiger partial charge in [0.15, 0.2) is 11.9 Å². The minimum atomic E-state index is -1.20. The topological polar surface area (TPSA) is 72.5 Å². The Balaban J connectivity index is 1.99. The molecule has 2 rings (SSSR count). The summed E-state index contributed by atoms with van der Waals surface area (Å²) in [5.74, 6) is -3.72. The molecule has 0 aliphatic heterocycles. The number of nitrogens with one attached hydrogen (secondary N) is 1. The molecular weight excluding hydrogens is 332 g/mol. The van der Waals surface area contributed by atoms with Crippen molar-refractivity contribution in [2.45, 2.75) is 20.0 Å². The summed E-state index contributed by atoms with van der Waals surface area (Å²) in [5.41, 5.74) is 0.432. The first-order valence-electron chi connectivity index (χ1n) is 7.36. The molecule has 0 aliphatic carbocycles. The van der Waals surface area contributed by atoms with Crippen molar-refractivity contribution in [3.63, 3.8) is 0 Å².